The average molecular weight is 345 g/mol. The number of carbonyl (C=O) groups is 1. The van der Waals surface area contributed by atoms with Crippen LogP contribution in [0.1, 0.15) is 10.4 Å². The van der Waals surface area contributed by atoms with Gasteiger partial charge in [0.15, 0.2) is 5.75 Å². The number of benzene rings is 2. The zero-order valence-electron chi connectivity index (χ0n) is 11.1. The number of carboxylic acid groups (broad SMARTS) is 1. The summed E-state index contributed by atoms with van der Waals surface area (Å²) in [6, 6.07) is 10.3. The van der Waals surface area contributed by atoms with Gasteiger partial charge in [-0.15, -0.1) is 12.4 Å². The molecule has 0 fully saturated rings. The maximum Gasteiger partial charge on any atom is 0.335 e. The second-order valence-electron chi connectivity index (χ2n) is 4.16. The molecule has 9 heteroatoms. The molecule has 0 heterocycles. The van der Waals surface area contributed by atoms with Crippen molar-refractivity contribution in [2.24, 2.45) is 5.14 Å². The quantitative estimate of drug-likeness (QED) is 0.724. The fourth-order valence-corrected chi connectivity index (χ4v) is 2.38. The Hall–Kier alpha value is -2.29. The largest absolute Gasteiger partial charge is 0.478 e. The third kappa shape index (κ3) is 3.88. The van der Waals surface area contributed by atoms with Crippen LogP contribution in [0.15, 0.2) is 47.4 Å². The Balaban J connectivity index is 0.00000242. The molecule has 118 valence electrons. The molecular weight excluding hydrogens is 332 g/mol. The van der Waals surface area contributed by atoms with Gasteiger partial charge in [0.2, 0.25) is 10.0 Å². The first kappa shape index (κ1) is 17.8. The standard InChI is InChI=1S/C13H12N2O5S.ClH/c14-10-6-8(13(16)17)7-11(21(15,18)19)12(10)20-9-4-2-1-3-5-9;/h1-7H,14H2,(H,16,17)(H2,15,18,19);1H. The van der Waals surface area contributed by atoms with Gasteiger partial charge in [0, 0.05) is 0 Å². The minimum absolute atomic E-state index is 0. The minimum atomic E-state index is -4.20. The van der Waals surface area contributed by atoms with Crippen LogP contribution in [0.5, 0.6) is 11.5 Å². The van der Waals surface area contributed by atoms with Crippen LogP contribution in [0, 0.1) is 0 Å². The lowest BCUT2D eigenvalue weighted by Crippen LogP contribution is -2.15. The van der Waals surface area contributed by atoms with Crippen molar-refractivity contribution in [2.45, 2.75) is 4.90 Å². The van der Waals surface area contributed by atoms with E-state index < -0.39 is 20.9 Å². The molecule has 0 saturated heterocycles. The van der Waals surface area contributed by atoms with E-state index in [1.165, 1.54) is 0 Å². The van der Waals surface area contributed by atoms with E-state index >= 15 is 0 Å². The van der Waals surface area contributed by atoms with Crippen molar-refractivity contribution in [1.29, 1.82) is 0 Å². The summed E-state index contributed by atoms with van der Waals surface area (Å²) >= 11 is 0. The number of aromatic carboxylic acids is 1. The monoisotopic (exact) mass is 344 g/mol. The second-order valence-corrected chi connectivity index (χ2v) is 5.69. The van der Waals surface area contributed by atoms with Gasteiger partial charge in [0.25, 0.3) is 0 Å². The molecule has 2 rings (SSSR count). The van der Waals surface area contributed by atoms with Gasteiger partial charge in [0.1, 0.15) is 10.6 Å². The number of para-hydroxylation sites is 1. The van der Waals surface area contributed by atoms with E-state index in [2.05, 4.69) is 0 Å². The molecule has 0 radical (unpaired) electrons. The normalized spacial score (nSPS) is 10.6. The molecule has 0 aromatic heterocycles. The Morgan fingerprint density at radius 1 is 1.14 bits per heavy atom. The summed E-state index contributed by atoms with van der Waals surface area (Å²) in [5, 5.41) is 14.0. The van der Waals surface area contributed by atoms with E-state index in [1.807, 2.05) is 0 Å². The van der Waals surface area contributed by atoms with Crippen molar-refractivity contribution in [3.8, 4) is 11.5 Å². The number of anilines is 1. The zero-order chi connectivity index (χ0) is 15.6. The van der Waals surface area contributed by atoms with E-state index in [9.17, 15) is 13.2 Å². The second kappa shape index (κ2) is 6.65. The highest BCUT2D eigenvalue weighted by molar-refractivity contribution is 7.89. The number of ether oxygens (including phenoxy) is 1. The van der Waals surface area contributed by atoms with Gasteiger partial charge in [-0.25, -0.2) is 18.4 Å². The van der Waals surface area contributed by atoms with Gasteiger partial charge in [0.05, 0.1) is 11.3 Å². The predicted molar refractivity (Wildman–Crippen MR) is 83.0 cm³/mol. The van der Waals surface area contributed by atoms with Crippen molar-refractivity contribution < 1.29 is 23.1 Å². The Kier molecular flexibility index (Phi) is 5.37. The molecule has 22 heavy (non-hydrogen) atoms. The van der Waals surface area contributed by atoms with Gasteiger partial charge in [-0.3, -0.25) is 0 Å². The Bertz CT molecular complexity index is 794. The van der Waals surface area contributed by atoms with Crippen LogP contribution in [0.25, 0.3) is 0 Å². The number of nitrogen functional groups attached to an aromatic ring is 1. The van der Waals surface area contributed by atoms with E-state index in [0.29, 0.717) is 5.75 Å². The van der Waals surface area contributed by atoms with Gasteiger partial charge in [-0.2, -0.15) is 0 Å². The summed E-state index contributed by atoms with van der Waals surface area (Å²) < 4.78 is 28.7. The first-order valence-electron chi connectivity index (χ1n) is 5.71. The molecule has 0 saturated carbocycles. The summed E-state index contributed by atoms with van der Waals surface area (Å²) in [6.07, 6.45) is 0. The van der Waals surface area contributed by atoms with E-state index in [4.69, 9.17) is 20.7 Å². The maximum absolute atomic E-state index is 11.6. The molecule has 0 bridgehead atoms. The highest BCUT2D eigenvalue weighted by Gasteiger charge is 2.22. The van der Waals surface area contributed by atoms with E-state index in [-0.39, 0.29) is 29.4 Å². The van der Waals surface area contributed by atoms with E-state index in [1.54, 1.807) is 30.3 Å². The number of carboxylic acids is 1. The molecule has 0 aliphatic carbocycles. The minimum Gasteiger partial charge on any atom is -0.478 e. The smallest absolute Gasteiger partial charge is 0.335 e. The Morgan fingerprint density at radius 2 is 1.73 bits per heavy atom. The summed E-state index contributed by atoms with van der Waals surface area (Å²) in [5.41, 5.74) is 5.27. The van der Waals surface area contributed by atoms with Crippen LogP contribution in [0.2, 0.25) is 0 Å². The lowest BCUT2D eigenvalue weighted by atomic mass is 10.2. The summed E-state index contributed by atoms with van der Waals surface area (Å²) in [6.45, 7) is 0. The van der Waals surface area contributed by atoms with E-state index in [0.717, 1.165) is 12.1 Å². The number of nitrogens with two attached hydrogens (primary N) is 2. The fraction of sp³-hybridized carbons (Fsp3) is 0. The number of hydrogen-bond donors (Lipinski definition) is 3. The molecular formula is C13H13ClN2O5S. The third-order valence-corrected chi connectivity index (χ3v) is 3.52. The average Bonchev–Trinajstić information content (AvgIpc) is 2.40. The van der Waals surface area contributed by atoms with Crippen LogP contribution in [-0.4, -0.2) is 19.5 Å². The van der Waals surface area contributed by atoms with Crippen LogP contribution in [0.4, 0.5) is 5.69 Å². The molecule has 7 nitrogen and oxygen atoms in total. The molecule has 0 amide bonds. The molecule has 0 spiro atoms. The Morgan fingerprint density at radius 3 is 2.23 bits per heavy atom. The van der Waals surface area contributed by atoms with Gasteiger partial charge >= 0.3 is 5.97 Å². The van der Waals surface area contributed by atoms with Crippen molar-refractivity contribution in [3.05, 3.63) is 48.0 Å². The van der Waals surface area contributed by atoms with Crippen LogP contribution < -0.4 is 15.6 Å². The lowest BCUT2D eigenvalue weighted by molar-refractivity contribution is 0.0696. The number of primary sulfonamides is 1. The molecule has 5 N–H and O–H groups in total. The SMILES string of the molecule is Cl.Nc1cc(C(=O)O)cc(S(N)(=O)=O)c1Oc1ccccc1. The van der Waals surface area contributed by atoms with Crippen molar-refractivity contribution in [2.75, 3.05) is 5.73 Å². The maximum atomic E-state index is 11.6. The van der Waals surface area contributed by atoms with Crippen LogP contribution in [-0.2, 0) is 10.0 Å². The fourth-order valence-electron chi connectivity index (χ4n) is 1.67. The predicted octanol–water partition coefficient (Wildman–Crippen LogP) is 1.83. The number of hydrogen-bond acceptors (Lipinski definition) is 5. The van der Waals surface area contributed by atoms with Crippen molar-refractivity contribution in [1.82, 2.24) is 0 Å². The molecule has 0 atom stereocenters. The number of sulfonamides is 1. The zero-order valence-corrected chi connectivity index (χ0v) is 12.7. The summed E-state index contributed by atoms with van der Waals surface area (Å²) in [7, 11) is -4.20. The molecule has 0 aliphatic rings. The van der Waals surface area contributed by atoms with Gasteiger partial charge < -0.3 is 15.6 Å². The first-order chi connectivity index (χ1) is 9.79. The molecule has 0 aliphatic heterocycles. The number of rotatable bonds is 4. The summed E-state index contributed by atoms with van der Waals surface area (Å²) in [4.78, 5) is 10.5. The Labute approximate surface area is 133 Å². The molecule has 0 unspecified atom stereocenters. The number of halogens is 1. The lowest BCUT2D eigenvalue weighted by Gasteiger charge is -2.13. The van der Waals surface area contributed by atoms with Crippen LogP contribution >= 0.6 is 12.4 Å². The van der Waals surface area contributed by atoms with Gasteiger partial charge in [-0.05, 0) is 24.3 Å². The van der Waals surface area contributed by atoms with Crippen molar-refractivity contribution >= 4 is 34.1 Å². The topological polar surface area (TPSA) is 133 Å². The van der Waals surface area contributed by atoms with Gasteiger partial charge in [-0.1, -0.05) is 18.2 Å². The van der Waals surface area contributed by atoms with Crippen molar-refractivity contribution in [3.63, 3.8) is 0 Å². The van der Waals surface area contributed by atoms with Crippen LogP contribution in [0.3, 0.4) is 0 Å². The molecule has 2 aromatic rings. The summed E-state index contributed by atoms with van der Waals surface area (Å²) in [5.74, 6) is -1.18. The third-order valence-electron chi connectivity index (χ3n) is 2.60. The highest BCUT2D eigenvalue weighted by Crippen LogP contribution is 2.35. The highest BCUT2D eigenvalue weighted by atomic mass is 35.5. The molecule has 2 aromatic carbocycles. The first-order valence-corrected chi connectivity index (χ1v) is 7.26.